The van der Waals surface area contributed by atoms with Gasteiger partial charge < -0.3 is 14.5 Å². The molecular formula is C37H36F3N9O2. The number of methoxy groups -OCH3 is 1. The van der Waals surface area contributed by atoms with Crippen molar-refractivity contribution < 1.29 is 22.7 Å². The maximum Gasteiger partial charge on any atom is 0.398 e. The van der Waals surface area contributed by atoms with Crippen LogP contribution < -0.4 is 9.64 Å². The SMILES string of the molecule is COc1nccc(N(C)c2ccc(C)c(-c3cn(CC4(C(F)(F)F)CCN(C(=O)c5ccc6c(c5)ncn6-c5cc(C)ccc5C)C4)nn3)c2)n1. The van der Waals surface area contributed by atoms with Crippen LogP contribution in [0.1, 0.15) is 33.5 Å². The molecule has 1 aliphatic heterocycles. The molecule has 0 N–H and O–H groups in total. The minimum atomic E-state index is -4.60. The van der Waals surface area contributed by atoms with Crippen molar-refractivity contribution in [2.45, 2.75) is 39.9 Å². The molecule has 0 spiro atoms. The van der Waals surface area contributed by atoms with Crippen LogP contribution in [-0.4, -0.2) is 78.7 Å². The fourth-order valence-electron chi connectivity index (χ4n) is 6.65. The minimum absolute atomic E-state index is 0.0455. The monoisotopic (exact) mass is 695 g/mol. The Morgan fingerprint density at radius 3 is 2.59 bits per heavy atom. The second-order valence-corrected chi connectivity index (χ2v) is 13.1. The van der Waals surface area contributed by atoms with Crippen LogP contribution >= 0.6 is 0 Å². The number of carbonyl (C=O) groups excluding carboxylic acids is 1. The molecule has 0 bridgehead atoms. The Hall–Kier alpha value is -5.79. The molecule has 6 aromatic rings. The molecule has 7 rings (SSSR count). The molecule has 3 aromatic heterocycles. The topological polar surface area (TPSA) is 107 Å². The number of ether oxygens (including phenoxy) is 1. The van der Waals surface area contributed by atoms with E-state index in [1.54, 1.807) is 36.8 Å². The summed E-state index contributed by atoms with van der Waals surface area (Å²) < 4.78 is 53.0. The first-order valence-corrected chi connectivity index (χ1v) is 16.4. The predicted octanol–water partition coefficient (Wildman–Crippen LogP) is 6.87. The molecule has 4 heterocycles. The van der Waals surface area contributed by atoms with Crippen LogP contribution in [0.3, 0.4) is 0 Å². The van der Waals surface area contributed by atoms with E-state index in [-0.39, 0.29) is 24.5 Å². The molecule has 14 heteroatoms. The van der Waals surface area contributed by atoms with Crippen LogP contribution in [0, 0.1) is 26.2 Å². The smallest absolute Gasteiger partial charge is 0.398 e. The second-order valence-electron chi connectivity index (χ2n) is 13.1. The number of amides is 1. The zero-order valence-corrected chi connectivity index (χ0v) is 28.8. The zero-order chi connectivity index (χ0) is 36.1. The molecule has 11 nitrogen and oxygen atoms in total. The van der Waals surface area contributed by atoms with Crippen molar-refractivity contribution in [3.05, 3.63) is 102 Å². The highest BCUT2D eigenvalue weighted by Gasteiger charge is 2.59. The molecule has 1 aliphatic rings. The predicted molar refractivity (Wildman–Crippen MR) is 186 cm³/mol. The number of aromatic nitrogens is 7. The van der Waals surface area contributed by atoms with Crippen LogP contribution in [0.5, 0.6) is 6.01 Å². The molecule has 262 valence electrons. The number of alkyl halides is 3. The molecule has 1 fully saturated rings. The number of likely N-dealkylation sites (tertiary alicyclic amines) is 1. The maximum absolute atomic E-state index is 14.9. The molecule has 0 aliphatic carbocycles. The van der Waals surface area contributed by atoms with E-state index in [0.717, 1.165) is 33.6 Å². The van der Waals surface area contributed by atoms with Crippen LogP contribution in [0.4, 0.5) is 24.7 Å². The van der Waals surface area contributed by atoms with Crippen molar-refractivity contribution in [3.63, 3.8) is 0 Å². The van der Waals surface area contributed by atoms with E-state index < -0.39 is 30.6 Å². The first-order chi connectivity index (χ1) is 24.4. The Labute approximate surface area is 292 Å². The highest BCUT2D eigenvalue weighted by Crippen LogP contribution is 2.47. The lowest BCUT2D eigenvalue weighted by Crippen LogP contribution is -2.45. The number of benzene rings is 3. The van der Waals surface area contributed by atoms with Gasteiger partial charge in [-0.25, -0.2) is 9.97 Å². The van der Waals surface area contributed by atoms with Gasteiger partial charge in [-0.15, -0.1) is 5.10 Å². The van der Waals surface area contributed by atoms with Crippen molar-refractivity contribution in [1.29, 1.82) is 0 Å². The summed E-state index contributed by atoms with van der Waals surface area (Å²) in [5, 5.41) is 8.37. The highest BCUT2D eigenvalue weighted by atomic mass is 19.4. The number of imidazole rings is 1. The number of hydrogen-bond acceptors (Lipinski definition) is 8. The molecular weight excluding hydrogens is 659 g/mol. The lowest BCUT2D eigenvalue weighted by molar-refractivity contribution is -0.224. The van der Waals surface area contributed by atoms with Gasteiger partial charge in [-0.2, -0.15) is 18.2 Å². The average molecular weight is 696 g/mol. The molecule has 1 unspecified atom stereocenters. The second kappa shape index (κ2) is 12.8. The fraction of sp³-hybridized carbons (Fsp3) is 0.297. The molecule has 51 heavy (non-hydrogen) atoms. The maximum atomic E-state index is 14.9. The van der Waals surface area contributed by atoms with Gasteiger partial charge in [0, 0.05) is 43.1 Å². The first-order valence-electron chi connectivity index (χ1n) is 16.4. The third-order valence-corrected chi connectivity index (χ3v) is 9.69. The molecule has 1 saturated heterocycles. The third-order valence-electron chi connectivity index (χ3n) is 9.69. The number of nitrogens with zero attached hydrogens (tertiary/aromatic N) is 9. The van der Waals surface area contributed by atoms with Gasteiger partial charge in [0.25, 0.3) is 5.91 Å². The standard InChI is InChI=1S/C37H36F3N9O2/c1-23-6-7-25(3)32(16-23)49-22-42-29-17-26(9-11-31(29)49)34(50)47-15-13-36(20-47,37(38,39)40)21-48-19-30(44-45-48)28-18-27(10-8-24(28)2)46(4)33-12-14-41-35(43-33)51-5/h6-12,14,16-19,22H,13,15,20-21H2,1-5H3. The van der Waals surface area contributed by atoms with Gasteiger partial charge in [-0.05, 0) is 86.3 Å². The Morgan fingerprint density at radius 1 is 1.00 bits per heavy atom. The number of carbonyl (C=O) groups is 1. The molecule has 1 amide bonds. The van der Waals surface area contributed by atoms with Crippen molar-refractivity contribution >= 4 is 28.4 Å². The van der Waals surface area contributed by atoms with Crippen LogP contribution in [0.2, 0.25) is 0 Å². The minimum Gasteiger partial charge on any atom is -0.467 e. The van der Waals surface area contributed by atoms with E-state index in [2.05, 4.69) is 31.3 Å². The van der Waals surface area contributed by atoms with Gasteiger partial charge in [-0.1, -0.05) is 23.4 Å². The molecule has 1 atom stereocenters. The largest absolute Gasteiger partial charge is 0.467 e. The number of fused-ring (bicyclic) bond motifs is 1. The number of rotatable bonds is 8. The summed E-state index contributed by atoms with van der Waals surface area (Å²) in [5.41, 5.74) is 5.40. The number of aryl methyl sites for hydroxylation is 3. The normalized spacial score (nSPS) is 16.2. The van der Waals surface area contributed by atoms with Gasteiger partial charge >= 0.3 is 12.2 Å². The van der Waals surface area contributed by atoms with Crippen molar-refractivity contribution in [3.8, 4) is 23.0 Å². The van der Waals surface area contributed by atoms with Crippen molar-refractivity contribution in [2.75, 3.05) is 32.1 Å². The number of anilines is 2. The first kappa shape index (κ1) is 33.7. The van der Waals surface area contributed by atoms with Gasteiger partial charge in [0.05, 0.1) is 36.6 Å². The fourth-order valence-corrected chi connectivity index (χ4v) is 6.65. The number of halogens is 3. The Kier molecular flexibility index (Phi) is 8.48. The van der Waals surface area contributed by atoms with E-state index in [9.17, 15) is 18.0 Å². The summed E-state index contributed by atoms with van der Waals surface area (Å²) in [6.07, 6.45) is -0.0444. The summed E-state index contributed by atoms with van der Waals surface area (Å²) >= 11 is 0. The quantitative estimate of drug-likeness (QED) is 0.170. The Balaban J connectivity index is 1.11. The summed E-state index contributed by atoms with van der Waals surface area (Å²) in [6.45, 7) is 4.90. The van der Waals surface area contributed by atoms with Gasteiger partial charge in [0.2, 0.25) is 0 Å². The van der Waals surface area contributed by atoms with Crippen molar-refractivity contribution in [2.24, 2.45) is 5.41 Å². The van der Waals surface area contributed by atoms with E-state index >= 15 is 0 Å². The van der Waals surface area contributed by atoms with E-state index in [0.29, 0.717) is 22.6 Å². The van der Waals surface area contributed by atoms with E-state index in [1.807, 2.05) is 67.6 Å². The molecule has 0 saturated carbocycles. The average Bonchev–Trinajstić information content (AvgIpc) is 3.88. The van der Waals surface area contributed by atoms with Crippen LogP contribution in [-0.2, 0) is 6.54 Å². The summed E-state index contributed by atoms with van der Waals surface area (Å²) in [5.74, 6) is 0.126. The van der Waals surface area contributed by atoms with E-state index in [4.69, 9.17) is 4.74 Å². The lowest BCUT2D eigenvalue weighted by atomic mass is 9.86. The van der Waals surface area contributed by atoms with Crippen molar-refractivity contribution in [1.82, 2.24) is 39.4 Å². The van der Waals surface area contributed by atoms with Gasteiger partial charge in [0.15, 0.2) is 0 Å². The number of hydrogen-bond donors (Lipinski definition) is 0. The Bertz CT molecular complexity index is 2260. The zero-order valence-electron chi connectivity index (χ0n) is 28.8. The highest BCUT2D eigenvalue weighted by molar-refractivity contribution is 5.97. The van der Waals surface area contributed by atoms with Gasteiger partial charge in [0.1, 0.15) is 23.3 Å². The van der Waals surface area contributed by atoms with Crippen LogP contribution in [0.25, 0.3) is 28.0 Å². The van der Waals surface area contributed by atoms with Crippen LogP contribution in [0.15, 0.2) is 79.4 Å². The van der Waals surface area contributed by atoms with E-state index in [1.165, 1.54) is 22.9 Å². The Morgan fingerprint density at radius 2 is 1.80 bits per heavy atom. The van der Waals surface area contributed by atoms with Gasteiger partial charge in [-0.3, -0.25) is 14.0 Å². The summed E-state index contributed by atoms with van der Waals surface area (Å²) in [6, 6.07) is 18.9. The summed E-state index contributed by atoms with van der Waals surface area (Å²) in [7, 11) is 3.32. The lowest BCUT2D eigenvalue weighted by Gasteiger charge is -2.31. The molecule has 3 aromatic carbocycles. The third kappa shape index (κ3) is 6.26. The summed E-state index contributed by atoms with van der Waals surface area (Å²) in [4.78, 5) is 29.7. The molecule has 0 radical (unpaired) electrons.